The van der Waals surface area contributed by atoms with E-state index in [0.717, 1.165) is 24.1 Å². The van der Waals surface area contributed by atoms with Gasteiger partial charge in [-0.1, -0.05) is 6.07 Å². The highest BCUT2D eigenvalue weighted by Crippen LogP contribution is 2.35. The molecule has 1 aromatic carbocycles. The zero-order chi connectivity index (χ0) is 18.0. The van der Waals surface area contributed by atoms with Crippen LogP contribution >= 0.6 is 0 Å². The van der Waals surface area contributed by atoms with Crippen LogP contribution in [-0.2, 0) is 4.79 Å². The van der Waals surface area contributed by atoms with Gasteiger partial charge in [0.25, 0.3) is 11.5 Å². The second-order valence-corrected chi connectivity index (χ2v) is 6.72. The number of nitrogens with one attached hydrogen (secondary N) is 2. The minimum Gasteiger partial charge on any atom is -0.484 e. The van der Waals surface area contributed by atoms with Crippen molar-refractivity contribution in [3.63, 3.8) is 0 Å². The molecule has 1 aliphatic rings. The number of hydrogen-bond acceptors (Lipinski definition) is 4. The van der Waals surface area contributed by atoms with Crippen molar-refractivity contribution >= 4 is 5.91 Å². The number of nitrogens with zero attached hydrogens (tertiary/aromatic N) is 1. The van der Waals surface area contributed by atoms with Gasteiger partial charge in [-0.2, -0.15) is 0 Å². The zero-order valence-electron chi connectivity index (χ0n) is 14.8. The Morgan fingerprint density at radius 1 is 1.24 bits per heavy atom. The number of hydrogen-bond donors (Lipinski definition) is 2. The summed E-state index contributed by atoms with van der Waals surface area (Å²) in [6.07, 6.45) is 1.59. The number of H-pyrrole nitrogens is 1. The van der Waals surface area contributed by atoms with Crippen molar-refractivity contribution in [3.8, 4) is 5.75 Å². The first-order chi connectivity index (χ1) is 11.9. The fourth-order valence-corrected chi connectivity index (χ4v) is 3.01. The molecule has 0 atom stereocenters. The number of aromatic amines is 1. The number of rotatable bonds is 5. The molecule has 25 heavy (non-hydrogen) atoms. The first kappa shape index (κ1) is 17.2. The number of aromatic nitrogens is 2. The Morgan fingerprint density at radius 2 is 2.00 bits per heavy atom. The molecule has 6 nitrogen and oxygen atoms in total. The third-order valence-corrected chi connectivity index (χ3v) is 4.65. The summed E-state index contributed by atoms with van der Waals surface area (Å²) in [6.45, 7) is 5.83. The van der Waals surface area contributed by atoms with E-state index in [-0.39, 0.29) is 30.0 Å². The molecule has 0 bridgehead atoms. The molecule has 0 unspecified atom stereocenters. The van der Waals surface area contributed by atoms with Crippen LogP contribution in [0.2, 0.25) is 0 Å². The van der Waals surface area contributed by atoms with Gasteiger partial charge in [0.2, 0.25) is 0 Å². The van der Waals surface area contributed by atoms with E-state index in [2.05, 4.69) is 15.3 Å². The lowest BCUT2D eigenvalue weighted by Crippen LogP contribution is -2.45. The minimum atomic E-state index is -0.128. The molecule has 1 aliphatic carbocycles. The maximum absolute atomic E-state index is 12.0. The van der Waals surface area contributed by atoms with Crippen LogP contribution in [0.15, 0.2) is 29.1 Å². The van der Waals surface area contributed by atoms with Crippen LogP contribution in [0.25, 0.3) is 0 Å². The topological polar surface area (TPSA) is 84.1 Å². The Kier molecular flexibility index (Phi) is 4.88. The summed E-state index contributed by atoms with van der Waals surface area (Å²) in [7, 11) is 0. The smallest absolute Gasteiger partial charge is 0.258 e. The molecule has 132 valence electrons. The predicted octanol–water partition coefficient (Wildman–Crippen LogP) is 2.14. The number of carbonyl (C=O) groups excluding carboxylic acids is 1. The lowest BCUT2D eigenvalue weighted by atomic mass is 9.78. The zero-order valence-corrected chi connectivity index (χ0v) is 14.8. The molecule has 6 heteroatoms. The van der Waals surface area contributed by atoms with Crippen LogP contribution in [0.4, 0.5) is 0 Å². The Labute approximate surface area is 146 Å². The highest BCUT2D eigenvalue weighted by molar-refractivity contribution is 5.78. The normalized spacial score (nSPS) is 19.2. The summed E-state index contributed by atoms with van der Waals surface area (Å²) in [4.78, 5) is 30.5. The molecule has 1 heterocycles. The number of ether oxygens (including phenoxy) is 1. The molecule has 2 N–H and O–H groups in total. The SMILES string of the molecule is Cc1nc(C2CC(NC(=O)COc3ccc(C)c(C)c3)C2)cc(=O)[nH]1. The molecule has 1 saturated carbocycles. The van der Waals surface area contributed by atoms with Gasteiger partial charge in [0.05, 0.1) is 5.69 Å². The summed E-state index contributed by atoms with van der Waals surface area (Å²) < 4.78 is 5.55. The molecule has 3 rings (SSSR count). The van der Waals surface area contributed by atoms with Crippen molar-refractivity contribution in [2.24, 2.45) is 0 Å². The van der Waals surface area contributed by atoms with Gasteiger partial charge in [0.1, 0.15) is 11.6 Å². The van der Waals surface area contributed by atoms with Gasteiger partial charge in [-0.15, -0.1) is 0 Å². The van der Waals surface area contributed by atoms with E-state index in [1.807, 2.05) is 32.0 Å². The van der Waals surface area contributed by atoms with Gasteiger partial charge < -0.3 is 15.0 Å². The van der Waals surface area contributed by atoms with E-state index in [1.165, 1.54) is 5.56 Å². The van der Waals surface area contributed by atoms with Crippen molar-refractivity contribution in [2.75, 3.05) is 6.61 Å². The van der Waals surface area contributed by atoms with Crippen LogP contribution in [0.3, 0.4) is 0 Å². The lowest BCUT2D eigenvalue weighted by molar-refractivity contribution is -0.124. The Hall–Kier alpha value is -2.63. The Bertz CT molecular complexity index is 838. The second kappa shape index (κ2) is 7.09. The largest absolute Gasteiger partial charge is 0.484 e. The number of aryl methyl sites for hydroxylation is 3. The minimum absolute atomic E-state index is 0.00598. The van der Waals surface area contributed by atoms with E-state index >= 15 is 0 Å². The average Bonchev–Trinajstić information content (AvgIpc) is 2.50. The van der Waals surface area contributed by atoms with E-state index in [4.69, 9.17) is 4.74 Å². The summed E-state index contributed by atoms with van der Waals surface area (Å²) >= 11 is 0. The van der Waals surface area contributed by atoms with E-state index in [9.17, 15) is 9.59 Å². The molecule has 0 aliphatic heterocycles. The quantitative estimate of drug-likeness (QED) is 0.873. The monoisotopic (exact) mass is 341 g/mol. The standard InChI is InChI=1S/C19H23N3O3/c1-11-4-5-16(6-12(11)2)25-10-19(24)22-15-7-14(8-15)17-9-18(23)21-13(3)20-17/h4-6,9,14-15H,7-8,10H2,1-3H3,(H,22,24)(H,20,21,23). The summed E-state index contributed by atoms with van der Waals surface area (Å²) in [5, 5.41) is 2.96. The van der Waals surface area contributed by atoms with Gasteiger partial charge in [-0.3, -0.25) is 9.59 Å². The molecular weight excluding hydrogens is 318 g/mol. The van der Waals surface area contributed by atoms with Crippen LogP contribution in [-0.4, -0.2) is 28.5 Å². The van der Waals surface area contributed by atoms with E-state index in [0.29, 0.717) is 11.6 Å². The van der Waals surface area contributed by atoms with E-state index < -0.39 is 0 Å². The summed E-state index contributed by atoms with van der Waals surface area (Å²) in [6, 6.07) is 7.44. The summed E-state index contributed by atoms with van der Waals surface area (Å²) in [5.41, 5.74) is 3.01. The second-order valence-electron chi connectivity index (χ2n) is 6.72. The molecule has 0 spiro atoms. The van der Waals surface area contributed by atoms with Gasteiger partial charge >= 0.3 is 0 Å². The maximum atomic E-state index is 12.0. The molecule has 1 amide bonds. The van der Waals surface area contributed by atoms with Gasteiger partial charge in [0, 0.05) is 18.0 Å². The Balaban J connectivity index is 1.45. The number of benzene rings is 1. The molecule has 0 saturated heterocycles. The number of carbonyl (C=O) groups is 1. The lowest BCUT2D eigenvalue weighted by Gasteiger charge is -2.35. The summed E-state index contributed by atoms with van der Waals surface area (Å²) in [5.74, 6) is 1.42. The van der Waals surface area contributed by atoms with Crippen molar-refractivity contribution < 1.29 is 9.53 Å². The third kappa shape index (κ3) is 4.26. The highest BCUT2D eigenvalue weighted by atomic mass is 16.5. The van der Waals surface area contributed by atoms with Crippen LogP contribution < -0.4 is 15.6 Å². The van der Waals surface area contributed by atoms with Crippen LogP contribution in [0, 0.1) is 20.8 Å². The Morgan fingerprint density at radius 3 is 2.68 bits per heavy atom. The fraction of sp³-hybridized carbons (Fsp3) is 0.421. The fourth-order valence-electron chi connectivity index (χ4n) is 3.01. The molecule has 0 radical (unpaired) electrons. The molecular formula is C19H23N3O3. The van der Waals surface area contributed by atoms with Gasteiger partial charge in [0.15, 0.2) is 6.61 Å². The molecule has 1 fully saturated rings. The van der Waals surface area contributed by atoms with Crippen LogP contribution in [0.1, 0.15) is 41.4 Å². The third-order valence-electron chi connectivity index (χ3n) is 4.65. The molecule has 1 aromatic heterocycles. The first-order valence-corrected chi connectivity index (χ1v) is 8.48. The van der Waals surface area contributed by atoms with Crippen LogP contribution in [0.5, 0.6) is 5.75 Å². The molecule has 2 aromatic rings. The maximum Gasteiger partial charge on any atom is 0.258 e. The highest BCUT2D eigenvalue weighted by Gasteiger charge is 2.32. The van der Waals surface area contributed by atoms with E-state index in [1.54, 1.807) is 13.0 Å². The number of amides is 1. The van der Waals surface area contributed by atoms with Gasteiger partial charge in [-0.05, 0) is 56.9 Å². The van der Waals surface area contributed by atoms with Crippen molar-refractivity contribution in [1.82, 2.24) is 15.3 Å². The predicted molar refractivity (Wildman–Crippen MR) is 94.9 cm³/mol. The van der Waals surface area contributed by atoms with Crippen molar-refractivity contribution in [2.45, 2.75) is 45.6 Å². The van der Waals surface area contributed by atoms with Gasteiger partial charge in [-0.25, -0.2) is 4.98 Å². The first-order valence-electron chi connectivity index (χ1n) is 8.48. The van der Waals surface area contributed by atoms with Crippen molar-refractivity contribution in [3.05, 3.63) is 57.3 Å². The average molecular weight is 341 g/mol. The van der Waals surface area contributed by atoms with Crippen molar-refractivity contribution in [1.29, 1.82) is 0 Å².